The van der Waals surface area contributed by atoms with Crippen LogP contribution in [0.3, 0.4) is 0 Å². The second kappa shape index (κ2) is 4.19. The van der Waals surface area contributed by atoms with Crippen molar-refractivity contribution in [3.05, 3.63) is 0 Å². The van der Waals surface area contributed by atoms with Gasteiger partial charge in [-0.1, -0.05) is 26.7 Å². The normalized spacial score (nSPS) is 26.8. The van der Waals surface area contributed by atoms with Gasteiger partial charge < -0.3 is 4.74 Å². The van der Waals surface area contributed by atoms with Gasteiger partial charge in [0.15, 0.2) is 0 Å². The van der Waals surface area contributed by atoms with Crippen LogP contribution in [0.15, 0.2) is 0 Å². The number of hydrogen-bond acceptors (Lipinski definition) is 2. The molecule has 14 heavy (non-hydrogen) atoms. The Hall–Kier alpha value is -0.0800. The Bertz CT molecular complexity index is 179. The first kappa shape index (κ1) is 10.4. The highest BCUT2D eigenvalue weighted by Gasteiger charge is 2.52. The highest BCUT2D eigenvalue weighted by atomic mass is 16.5. The van der Waals surface area contributed by atoms with Crippen LogP contribution in [0.1, 0.15) is 39.5 Å². The Kier molecular flexibility index (Phi) is 3.13. The second-order valence-corrected chi connectivity index (χ2v) is 4.72. The van der Waals surface area contributed by atoms with E-state index >= 15 is 0 Å². The third-order valence-electron chi connectivity index (χ3n) is 4.15. The van der Waals surface area contributed by atoms with Crippen molar-refractivity contribution in [3.63, 3.8) is 0 Å². The van der Waals surface area contributed by atoms with Gasteiger partial charge in [0.05, 0.1) is 13.2 Å². The molecular formula is C12H23NO. The molecule has 0 amide bonds. The summed E-state index contributed by atoms with van der Waals surface area (Å²) in [6, 6.07) is 0. The molecule has 0 spiro atoms. The fourth-order valence-electron chi connectivity index (χ4n) is 3.17. The largest absolute Gasteiger partial charge is 0.379 e. The molecule has 2 aliphatic rings. The van der Waals surface area contributed by atoms with E-state index in [-0.39, 0.29) is 0 Å². The zero-order valence-electron chi connectivity index (χ0n) is 9.59. The quantitative estimate of drug-likeness (QED) is 0.685. The van der Waals surface area contributed by atoms with Gasteiger partial charge in [-0.15, -0.1) is 0 Å². The zero-order chi connectivity index (χ0) is 10.0. The van der Waals surface area contributed by atoms with Gasteiger partial charge in [-0.05, 0) is 18.8 Å². The third kappa shape index (κ3) is 1.70. The van der Waals surface area contributed by atoms with Crippen molar-refractivity contribution >= 4 is 0 Å². The van der Waals surface area contributed by atoms with Crippen molar-refractivity contribution in [1.29, 1.82) is 0 Å². The molecule has 0 aromatic rings. The molecule has 82 valence electrons. The van der Waals surface area contributed by atoms with E-state index in [0.717, 1.165) is 32.2 Å². The van der Waals surface area contributed by atoms with Gasteiger partial charge in [-0.3, -0.25) is 4.90 Å². The van der Waals surface area contributed by atoms with Crippen molar-refractivity contribution in [1.82, 2.24) is 4.90 Å². The molecule has 1 heterocycles. The second-order valence-electron chi connectivity index (χ2n) is 4.72. The van der Waals surface area contributed by atoms with Crippen LogP contribution in [0.25, 0.3) is 0 Å². The molecule has 2 fully saturated rings. The molecule has 1 saturated carbocycles. The molecule has 0 aromatic heterocycles. The van der Waals surface area contributed by atoms with Crippen molar-refractivity contribution in [3.8, 4) is 0 Å². The van der Waals surface area contributed by atoms with Crippen LogP contribution in [0.2, 0.25) is 0 Å². The minimum atomic E-state index is 0.591. The van der Waals surface area contributed by atoms with E-state index in [1.54, 1.807) is 0 Å². The SMILES string of the molecule is CCC(CC)C1(N2CCOCC2)CC1. The highest BCUT2D eigenvalue weighted by Crippen LogP contribution is 2.50. The molecule has 1 aliphatic heterocycles. The van der Waals surface area contributed by atoms with Crippen LogP contribution in [0.5, 0.6) is 0 Å². The summed E-state index contributed by atoms with van der Waals surface area (Å²) in [6.45, 7) is 8.90. The molecular weight excluding hydrogens is 174 g/mol. The summed E-state index contributed by atoms with van der Waals surface area (Å²) in [7, 11) is 0. The Labute approximate surface area is 87.6 Å². The monoisotopic (exact) mass is 197 g/mol. The van der Waals surface area contributed by atoms with E-state index < -0.39 is 0 Å². The molecule has 2 rings (SSSR count). The van der Waals surface area contributed by atoms with Crippen LogP contribution in [-0.2, 0) is 4.74 Å². The lowest BCUT2D eigenvalue weighted by Crippen LogP contribution is -2.48. The molecule has 2 nitrogen and oxygen atoms in total. The Morgan fingerprint density at radius 3 is 2.14 bits per heavy atom. The molecule has 1 saturated heterocycles. The molecule has 0 aromatic carbocycles. The van der Waals surface area contributed by atoms with E-state index in [1.165, 1.54) is 25.7 Å². The maximum absolute atomic E-state index is 5.43. The predicted molar refractivity (Wildman–Crippen MR) is 58.4 cm³/mol. The van der Waals surface area contributed by atoms with E-state index in [9.17, 15) is 0 Å². The topological polar surface area (TPSA) is 12.5 Å². The van der Waals surface area contributed by atoms with Crippen molar-refractivity contribution in [2.24, 2.45) is 5.92 Å². The Morgan fingerprint density at radius 1 is 1.14 bits per heavy atom. The first-order valence-electron chi connectivity index (χ1n) is 6.16. The lowest BCUT2D eigenvalue weighted by atomic mass is 9.90. The van der Waals surface area contributed by atoms with Crippen LogP contribution in [-0.4, -0.2) is 36.7 Å². The Balaban J connectivity index is 1.99. The van der Waals surface area contributed by atoms with Crippen molar-refractivity contribution < 1.29 is 4.74 Å². The van der Waals surface area contributed by atoms with Gasteiger partial charge in [0.1, 0.15) is 0 Å². The summed E-state index contributed by atoms with van der Waals surface area (Å²) >= 11 is 0. The van der Waals surface area contributed by atoms with Crippen molar-refractivity contribution in [2.45, 2.75) is 45.1 Å². The molecule has 0 unspecified atom stereocenters. The minimum absolute atomic E-state index is 0.591. The summed E-state index contributed by atoms with van der Waals surface area (Å²) in [5.74, 6) is 0.917. The number of ether oxygens (including phenoxy) is 1. The molecule has 0 atom stereocenters. The number of rotatable bonds is 4. The third-order valence-corrected chi connectivity index (χ3v) is 4.15. The van der Waals surface area contributed by atoms with Crippen LogP contribution in [0, 0.1) is 5.92 Å². The van der Waals surface area contributed by atoms with E-state index in [4.69, 9.17) is 4.74 Å². The van der Waals surface area contributed by atoms with E-state index in [1.807, 2.05) is 0 Å². The van der Waals surface area contributed by atoms with Gasteiger partial charge in [-0.25, -0.2) is 0 Å². The highest BCUT2D eigenvalue weighted by molar-refractivity contribution is 5.07. The van der Waals surface area contributed by atoms with Gasteiger partial charge in [0, 0.05) is 18.6 Å². The van der Waals surface area contributed by atoms with E-state index in [2.05, 4.69) is 18.7 Å². The molecule has 1 aliphatic carbocycles. The Morgan fingerprint density at radius 2 is 1.71 bits per heavy atom. The summed E-state index contributed by atoms with van der Waals surface area (Å²) in [6.07, 6.45) is 5.54. The smallest absolute Gasteiger partial charge is 0.0594 e. The van der Waals surface area contributed by atoms with Gasteiger partial charge >= 0.3 is 0 Å². The fourth-order valence-corrected chi connectivity index (χ4v) is 3.17. The number of morpholine rings is 1. The average molecular weight is 197 g/mol. The summed E-state index contributed by atoms with van der Waals surface area (Å²) < 4.78 is 5.43. The zero-order valence-corrected chi connectivity index (χ0v) is 9.59. The molecule has 0 N–H and O–H groups in total. The summed E-state index contributed by atoms with van der Waals surface area (Å²) in [4.78, 5) is 2.70. The summed E-state index contributed by atoms with van der Waals surface area (Å²) in [5.41, 5.74) is 0.591. The molecule has 0 bridgehead atoms. The van der Waals surface area contributed by atoms with Crippen LogP contribution < -0.4 is 0 Å². The standard InChI is InChI=1S/C12H23NO/c1-3-11(4-2)12(5-6-12)13-7-9-14-10-8-13/h11H,3-10H2,1-2H3. The lowest BCUT2D eigenvalue weighted by molar-refractivity contribution is -0.00802. The van der Waals surface area contributed by atoms with Gasteiger partial charge in [0.2, 0.25) is 0 Å². The van der Waals surface area contributed by atoms with Crippen LogP contribution in [0.4, 0.5) is 0 Å². The van der Waals surface area contributed by atoms with Crippen LogP contribution >= 0.6 is 0 Å². The predicted octanol–water partition coefficient (Wildman–Crippen LogP) is 2.29. The van der Waals surface area contributed by atoms with Gasteiger partial charge in [0.25, 0.3) is 0 Å². The summed E-state index contributed by atoms with van der Waals surface area (Å²) in [5, 5.41) is 0. The first-order valence-corrected chi connectivity index (χ1v) is 6.16. The van der Waals surface area contributed by atoms with Gasteiger partial charge in [-0.2, -0.15) is 0 Å². The maximum atomic E-state index is 5.43. The number of hydrogen-bond donors (Lipinski definition) is 0. The molecule has 0 radical (unpaired) electrons. The molecule has 2 heteroatoms. The van der Waals surface area contributed by atoms with E-state index in [0.29, 0.717) is 5.54 Å². The maximum Gasteiger partial charge on any atom is 0.0594 e. The average Bonchev–Trinajstić information content (AvgIpc) is 3.03. The fraction of sp³-hybridized carbons (Fsp3) is 1.00. The number of nitrogens with zero attached hydrogens (tertiary/aromatic N) is 1. The van der Waals surface area contributed by atoms with Crippen molar-refractivity contribution in [2.75, 3.05) is 26.3 Å². The first-order chi connectivity index (χ1) is 6.83. The minimum Gasteiger partial charge on any atom is -0.379 e. The lowest BCUT2D eigenvalue weighted by Gasteiger charge is -2.39.